The molecule has 0 spiro atoms. The van der Waals surface area contributed by atoms with Crippen molar-refractivity contribution in [2.45, 2.75) is 76.6 Å². The van der Waals surface area contributed by atoms with E-state index in [0.29, 0.717) is 16.7 Å². The number of ether oxygens (including phenoxy) is 1. The molecule has 1 N–H and O–H groups in total. The van der Waals surface area contributed by atoms with Crippen molar-refractivity contribution in [3.63, 3.8) is 0 Å². The fraction of sp³-hybridized carbons (Fsp3) is 0.857. The first-order chi connectivity index (χ1) is 11.7. The molecule has 3 saturated carbocycles. The van der Waals surface area contributed by atoms with Crippen LogP contribution in [0.15, 0.2) is 12.2 Å². The normalized spacial score (nSPS) is 47.4. The summed E-state index contributed by atoms with van der Waals surface area (Å²) in [5.74, 6) is 0.802. The number of hydrogen-bond acceptors (Lipinski definition) is 3. The Bertz CT molecular complexity index is 547. The molecule has 3 aliphatic rings. The Kier molecular flexibility index (Phi) is 5.43. The molecule has 4 heteroatoms. The molecule has 2 unspecified atom stereocenters. The van der Waals surface area contributed by atoms with Crippen LogP contribution in [0.4, 0.5) is 0 Å². The monoisotopic (exact) mass is 412 g/mol. The fourth-order valence-corrected chi connectivity index (χ4v) is 6.86. The van der Waals surface area contributed by atoms with Gasteiger partial charge in [-0.1, -0.05) is 41.9 Å². The van der Waals surface area contributed by atoms with Gasteiger partial charge in [0.1, 0.15) is 6.10 Å². The van der Waals surface area contributed by atoms with Crippen molar-refractivity contribution in [3.05, 3.63) is 12.2 Å². The Labute approximate surface area is 160 Å². The Morgan fingerprint density at radius 2 is 2.00 bits per heavy atom. The van der Waals surface area contributed by atoms with Crippen LogP contribution in [0.1, 0.15) is 65.7 Å². The van der Waals surface area contributed by atoms with E-state index in [2.05, 4.69) is 36.4 Å². The number of esters is 1. The number of hydrogen-bond donors (Lipinski definition) is 1. The van der Waals surface area contributed by atoms with Gasteiger partial charge in [0.05, 0.1) is 0 Å². The smallest absolute Gasteiger partial charge is 0.302 e. The molecule has 0 radical (unpaired) electrons. The lowest BCUT2D eigenvalue weighted by Gasteiger charge is -2.55. The van der Waals surface area contributed by atoms with Crippen LogP contribution in [-0.4, -0.2) is 28.6 Å². The second-order valence-electron chi connectivity index (χ2n) is 9.14. The summed E-state index contributed by atoms with van der Waals surface area (Å²) in [7, 11) is 0. The Morgan fingerprint density at radius 1 is 1.28 bits per heavy atom. The van der Waals surface area contributed by atoms with Crippen LogP contribution in [0.5, 0.6) is 0 Å². The maximum absolute atomic E-state index is 11.9. The molecular formula is C21H33BrO3. The summed E-state index contributed by atoms with van der Waals surface area (Å²) >= 11 is 3.75. The first-order valence-electron chi connectivity index (χ1n) is 9.82. The third-order valence-corrected chi connectivity index (χ3v) is 8.82. The van der Waals surface area contributed by atoms with E-state index in [0.717, 1.165) is 44.9 Å². The maximum Gasteiger partial charge on any atom is 0.302 e. The van der Waals surface area contributed by atoms with Gasteiger partial charge in [-0.3, -0.25) is 4.79 Å². The predicted molar refractivity (Wildman–Crippen MR) is 103 cm³/mol. The highest BCUT2D eigenvalue weighted by atomic mass is 79.9. The lowest BCUT2D eigenvalue weighted by molar-refractivity contribution is -0.171. The van der Waals surface area contributed by atoms with Crippen LogP contribution in [0.2, 0.25) is 0 Å². The molecule has 0 aromatic rings. The second kappa shape index (κ2) is 6.99. The molecular weight excluding hydrogens is 380 g/mol. The topological polar surface area (TPSA) is 46.5 Å². The Morgan fingerprint density at radius 3 is 2.64 bits per heavy atom. The van der Waals surface area contributed by atoms with Crippen molar-refractivity contribution < 1.29 is 14.6 Å². The second-order valence-corrected chi connectivity index (χ2v) is 10.4. The summed E-state index contributed by atoms with van der Waals surface area (Å²) in [5.41, 5.74) is 1.47. The van der Waals surface area contributed by atoms with Gasteiger partial charge in [0, 0.05) is 30.2 Å². The van der Waals surface area contributed by atoms with Gasteiger partial charge < -0.3 is 9.84 Å². The van der Waals surface area contributed by atoms with Crippen molar-refractivity contribution in [2.75, 3.05) is 6.61 Å². The molecule has 0 aliphatic heterocycles. The first kappa shape index (κ1) is 19.4. The SMILES string of the molecule is C=C1CCC2[C@H](OC(C)=O)C([C@@]3(C)CC[C@@H](Br)C[C@@H]3CO)CC[C@]12C. The highest BCUT2D eigenvalue weighted by Crippen LogP contribution is 2.62. The average Bonchev–Trinajstić information content (AvgIpc) is 2.85. The lowest BCUT2D eigenvalue weighted by atomic mass is 9.52. The maximum atomic E-state index is 11.9. The molecule has 0 heterocycles. The summed E-state index contributed by atoms with van der Waals surface area (Å²) in [6, 6.07) is 0. The molecule has 7 atom stereocenters. The van der Waals surface area contributed by atoms with Crippen LogP contribution in [-0.2, 0) is 9.53 Å². The standard InChI is InChI=1S/C21H33BrO3/c1-13-5-6-17-19(25-14(2)24)18(8-10-20(13,17)3)21(4)9-7-16(22)11-15(21)12-23/h15-19,23H,1,5-12H2,2-4H3/t15-,16-,17?,18?,19+,20-,21+/m1/s1. The van der Waals surface area contributed by atoms with Crippen molar-refractivity contribution in [2.24, 2.45) is 28.6 Å². The third kappa shape index (κ3) is 3.22. The van der Waals surface area contributed by atoms with E-state index in [1.54, 1.807) is 0 Å². The molecule has 3 fully saturated rings. The molecule has 0 aromatic heterocycles. The van der Waals surface area contributed by atoms with Crippen LogP contribution >= 0.6 is 15.9 Å². The van der Waals surface area contributed by atoms with Gasteiger partial charge in [-0.05, 0) is 61.7 Å². The highest BCUT2D eigenvalue weighted by Gasteiger charge is 2.58. The van der Waals surface area contributed by atoms with Gasteiger partial charge in [-0.25, -0.2) is 0 Å². The van der Waals surface area contributed by atoms with Crippen LogP contribution in [0, 0.1) is 28.6 Å². The van der Waals surface area contributed by atoms with E-state index < -0.39 is 0 Å². The molecule has 142 valence electrons. The summed E-state index contributed by atoms with van der Waals surface area (Å²) < 4.78 is 6.00. The quantitative estimate of drug-likeness (QED) is 0.408. The number of alkyl halides is 1. The summed E-state index contributed by atoms with van der Waals surface area (Å²) in [4.78, 5) is 12.4. The number of allylic oxidation sites excluding steroid dienone is 1. The number of aliphatic hydroxyl groups is 1. The number of aliphatic hydroxyl groups excluding tert-OH is 1. The predicted octanol–water partition coefficient (Wildman–Crippen LogP) is 4.86. The van der Waals surface area contributed by atoms with E-state index >= 15 is 0 Å². The summed E-state index contributed by atoms with van der Waals surface area (Å²) in [6.07, 6.45) is 7.49. The van der Waals surface area contributed by atoms with E-state index in [1.807, 2.05) is 0 Å². The van der Waals surface area contributed by atoms with Crippen LogP contribution in [0.25, 0.3) is 0 Å². The third-order valence-electron chi connectivity index (χ3n) is 7.99. The highest BCUT2D eigenvalue weighted by molar-refractivity contribution is 9.09. The zero-order valence-electron chi connectivity index (χ0n) is 15.9. The zero-order valence-corrected chi connectivity index (χ0v) is 17.5. The van der Waals surface area contributed by atoms with Crippen LogP contribution in [0.3, 0.4) is 0 Å². The van der Waals surface area contributed by atoms with E-state index in [-0.39, 0.29) is 35.4 Å². The Balaban J connectivity index is 1.94. The number of carbonyl (C=O) groups excluding carboxylic acids is 1. The molecule has 0 aromatic carbocycles. The number of halogens is 1. The van der Waals surface area contributed by atoms with E-state index in [1.165, 1.54) is 12.5 Å². The number of carbonyl (C=O) groups is 1. The summed E-state index contributed by atoms with van der Waals surface area (Å²) in [5, 5.41) is 10.1. The first-order valence-corrected chi connectivity index (χ1v) is 10.7. The number of rotatable bonds is 3. The van der Waals surface area contributed by atoms with Crippen molar-refractivity contribution in [1.29, 1.82) is 0 Å². The minimum Gasteiger partial charge on any atom is -0.462 e. The van der Waals surface area contributed by atoms with Gasteiger partial charge in [-0.2, -0.15) is 0 Å². The molecule has 0 bridgehead atoms. The van der Waals surface area contributed by atoms with Gasteiger partial charge in [-0.15, -0.1) is 0 Å². The van der Waals surface area contributed by atoms with Crippen LogP contribution < -0.4 is 0 Å². The van der Waals surface area contributed by atoms with Gasteiger partial charge >= 0.3 is 5.97 Å². The molecule has 3 rings (SSSR count). The zero-order chi connectivity index (χ0) is 18.4. The Hall–Kier alpha value is -0.350. The van der Waals surface area contributed by atoms with E-state index in [9.17, 15) is 9.90 Å². The van der Waals surface area contributed by atoms with Gasteiger partial charge in [0.2, 0.25) is 0 Å². The van der Waals surface area contributed by atoms with Gasteiger partial charge in [0.15, 0.2) is 0 Å². The molecule has 25 heavy (non-hydrogen) atoms. The molecule has 0 saturated heterocycles. The fourth-order valence-electron chi connectivity index (χ4n) is 6.18. The van der Waals surface area contributed by atoms with Crippen molar-refractivity contribution >= 4 is 21.9 Å². The molecule has 0 amide bonds. The van der Waals surface area contributed by atoms with Crippen molar-refractivity contribution in [3.8, 4) is 0 Å². The summed E-state index contributed by atoms with van der Waals surface area (Å²) in [6.45, 7) is 10.7. The molecule has 3 nitrogen and oxygen atoms in total. The number of fused-ring (bicyclic) bond motifs is 1. The van der Waals surface area contributed by atoms with Crippen molar-refractivity contribution in [1.82, 2.24) is 0 Å². The largest absolute Gasteiger partial charge is 0.462 e. The minimum atomic E-state index is -0.171. The van der Waals surface area contributed by atoms with E-state index in [4.69, 9.17) is 4.74 Å². The average molecular weight is 413 g/mol. The lowest BCUT2D eigenvalue weighted by Crippen LogP contribution is -2.54. The minimum absolute atomic E-state index is 0.0321. The van der Waals surface area contributed by atoms with Gasteiger partial charge in [0.25, 0.3) is 0 Å². The molecule has 3 aliphatic carbocycles.